The van der Waals surface area contributed by atoms with Gasteiger partial charge in [-0.1, -0.05) is 0 Å². The molecule has 0 radical (unpaired) electrons. The molecule has 3 atom stereocenters. The average Bonchev–Trinajstić information content (AvgIpc) is 2.19. The van der Waals surface area contributed by atoms with Gasteiger partial charge in [-0.15, -0.1) is 0 Å². The minimum atomic E-state index is -1.97. The van der Waals surface area contributed by atoms with Crippen LogP contribution in [-0.4, -0.2) is 51.6 Å². The van der Waals surface area contributed by atoms with Crippen LogP contribution in [0.3, 0.4) is 0 Å². The van der Waals surface area contributed by atoms with Crippen LogP contribution in [0.5, 0.6) is 0 Å². The van der Waals surface area contributed by atoms with Crippen LogP contribution in [0.4, 0.5) is 0 Å². The molecule has 5 heteroatoms. The minimum Gasteiger partial charge on any atom is -0.391 e. The first-order chi connectivity index (χ1) is 4.60. The Labute approximate surface area is 57.5 Å². The predicted molar refractivity (Wildman–Crippen MR) is 30.0 cm³/mol. The summed E-state index contributed by atoms with van der Waals surface area (Å²) in [5.74, 6) is -1.97. The molecule has 1 aliphatic heterocycles. The van der Waals surface area contributed by atoms with E-state index in [-0.39, 0.29) is 6.61 Å². The first-order valence-electron chi connectivity index (χ1n) is 2.93. The summed E-state index contributed by atoms with van der Waals surface area (Å²) in [6, 6.07) is 0. The Kier molecular flexibility index (Phi) is 1.93. The van der Waals surface area contributed by atoms with Gasteiger partial charge in [0.15, 0.2) is 0 Å². The summed E-state index contributed by atoms with van der Waals surface area (Å²) in [7, 11) is 0. The van der Waals surface area contributed by atoms with E-state index >= 15 is 0 Å². The van der Waals surface area contributed by atoms with Gasteiger partial charge >= 0.3 is 0 Å². The van der Waals surface area contributed by atoms with Gasteiger partial charge in [0.25, 0.3) is 0 Å². The molecule has 0 unspecified atom stereocenters. The van der Waals surface area contributed by atoms with Gasteiger partial charge < -0.3 is 25.2 Å². The summed E-state index contributed by atoms with van der Waals surface area (Å²) in [4.78, 5) is 0. The van der Waals surface area contributed by atoms with E-state index in [4.69, 9.17) is 20.4 Å². The molecule has 0 saturated carbocycles. The lowest BCUT2D eigenvalue weighted by Crippen LogP contribution is -2.46. The van der Waals surface area contributed by atoms with Crippen molar-refractivity contribution >= 4 is 0 Å². The van der Waals surface area contributed by atoms with Crippen LogP contribution in [-0.2, 0) is 4.74 Å². The third-order valence-corrected chi connectivity index (χ3v) is 1.56. The topological polar surface area (TPSA) is 90.2 Å². The maximum absolute atomic E-state index is 9.06. The normalized spacial score (nSPS) is 48.0. The fourth-order valence-electron chi connectivity index (χ4n) is 0.846. The zero-order chi connectivity index (χ0) is 7.78. The van der Waals surface area contributed by atoms with Crippen molar-refractivity contribution in [3.8, 4) is 0 Å². The molecule has 0 spiro atoms. The lowest BCUT2D eigenvalue weighted by atomic mass is 10.1. The number of ether oxygens (including phenoxy) is 1. The van der Waals surface area contributed by atoms with Gasteiger partial charge in [0.2, 0.25) is 5.79 Å². The minimum absolute atomic E-state index is 0.155. The summed E-state index contributed by atoms with van der Waals surface area (Å²) >= 11 is 0. The molecule has 5 nitrogen and oxygen atoms in total. The Morgan fingerprint density at radius 1 is 1.50 bits per heavy atom. The highest BCUT2D eigenvalue weighted by molar-refractivity contribution is 4.88. The van der Waals surface area contributed by atoms with Gasteiger partial charge in [-0.2, -0.15) is 0 Å². The Bertz CT molecular complexity index is 127. The van der Waals surface area contributed by atoms with Crippen molar-refractivity contribution < 1.29 is 25.2 Å². The highest BCUT2D eigenvalue weighted by Gasteiger charge is 2.47. The molecule has 0 aromatic rings. The molecule has 0 aromatic carbocycles. The van der Waals surface area contributed by atoms with Crippen LogP contribution in [0.25, 0.3) is 0 Å². The second-order valence-corrected chi connectivity index (χ2v) is 2.33. The molecule has 1 aliphatic rings. The Morgan fingerprint density at radius 3 is 2.30 bits per heavy atom. The fourth-order valence-corrected chi connectivity index (χ4v) is 0.846. The van der Waals surface area contributed by atoms with Crippen LogP contribution < -0.4 is 0 Å². The summed E-state index contributed by atoms with van der Waals surface area (Å²) < 4.78 is 4.52. The molecule has 60 valence electrons. The third kappa shape index (κ3) is 1.02. The Morgan fingerprint density at radius 2 is 2.10 bits per heavy atom. The molecule has 1 fully saturated rings. The maximum atomic E-state index is 9.06. The van der Waals surface area contributed by atoms with Gasteiger partial charge in [-0.3, -0.25) is 0 Å². The van der Waals surface area contributed by atoms with E-state index < -0.39 is 24.6 Å². The lowest BCUT2D eigenvalue weighted by Gasteiger charge is -2.22. The summed E-state index contributed by atoms with van der Waals surface area (Å²) in [5, 5.41) is 35.3. The number of hydrogen-bond donors (Lipinski definition) is 4. The van der Waals surface area contributed by atoms with E-state index in [0.29, 0.717) is 0 Å². The van der Waals surface area contributed by atoms with Gasteiger partial charge in [-0.25, -0.2) is 0 Å². The second kappa shape index (κ2) is 2.44. The van der Waals surface area contributed by atoms with E-state index in [1.165, 1.54) is 0 Å². The highest BCUT2D eigenvalue weighted by Crippen LogP contribution is 2.22. The second-order valence-electron chi connectivity index (χ2n) is 2.33. The molecular weight excluding hydrogens is 140 g/mol. The van der Waals surface area contributed by atoms with Crippen molar-refractivity contribution in [3.63, 3.8) is 0 Å². The quantitative estimate of drug-likeness (QED) is 0.329. The van der Waals surface area contributed by atoms with Crippen molar-refractivity contribution in [2.75, 3.05) is 13.2 Å². The summed E-state index contributed by atoms with van der Waals surface area (Å²) in [6.07, 6.45) is -2.53. The number of aliphatic hydroxyl groups is 4. The van der Waals surface area contributed by atoms with Crippen molar-refractivity contribution in [1.82, 2.24) is 0 Å². The number of rotatable bonds is 1. The van der Waals surface area contributed by atoms with Gasteiger partial charge in [0, 0.05) is 0 Å². The van der Waals surface area contributed by atoms with Crippen LogP contribution in [0, 0.1) is 0 Å². The van der Waals surface area contributed by atoms with Crippen LogP contribution >= 0.6 is 0 Å². The molecule has 1 saturated heterocycles. The highest BCUT2D eigenvalue weighted by atomic mass is 16.7. The molecule has 0 amide bonds. The summed E-state index contributed by atoms with van der Waals surface area (Å²) in [5.41, 5.74) is 0. The zero-order valence-corrected chi connectivity index (χ0v) is 5.27. The maximum Gasteiger partial charge on any atom is 0.218 e. The van der Waals surface area contributed by atoms with Crippen molar-refractivity contribution in [2.24, 2.45) is 0 Å². The molecule has 0 aromatic heterocycles. The Balaban J connectivity index is 2.64. The van der Waals surface area contributed by atoms with Crippen LogP contribution in [0.15, 0.2) is 0 Å². The third-order valence-electron chi connectivity index (χ3n) is 1.56. The number of aliphatic hydroxyl groups excluding tert-OH is 3. The van der Waals surface area contributed by atoms with Crippen LogP contribution in [0.1, 0.15) is 0 Å². The van der Waals surface area contributed by atoms with Gasteiger partial charge in [-0.05, 0) is 0 Å². The van der Waals surface area contributed by atoms with E-state index in [9.17, 15) is 0 Å². The molecule has 0 aliphatic carbocycles. The van der Waals surface area contributed by atoms with E-state index in [2.05, 4.69) is 4.74 Å². The zero-order valence-electron chi connectivity index (χ0n) is 5.27. The van der Waals surface area contributed by atoms with Crippen molar-refractivity contribution in [2.45, 2.75) is 18.0 Å². The molecular formula is C5H10O5. The molecule has 1 heterocycles. The average molecular weight is 150 g/mol. The smallest absolute Gasteiger partial charge is 0.218 e. The van der Waals surface area contributed by atoms with Crippen LogP contribution in [0.2, 0.25) is 0 Å². The number of hydrogen-bond acceptors (Lipinski definition) is 5. The van der Waals surface area contributed by atoms with E-state index in [0.717, 1.165) is 0 Å². The first-order valence-corrected chi connectivity index (χ1v) is 2.93. The first kappa shape index (κ1) is 7.90. The lowest BCUT2D eigenvalue weighted by molar-refractivity contribution is -0.234. The molecule has 4 N–H and O–H groups in total. The summed E-state index contributed by atoms with van der Waals surface area (Å²) in [6.45, 7) is -0.872. The Hall–Kier alpha value is -0.200. The molecule has 0 bridgehead atoms. The van der Waals surface area contributed by atoms with Gasteiger partial charge in [0.1, 0.15) is 12.2 Å². The standard InChI is InChI=1S/C5H10O5/c6-2-5(9)4(8)3(7)1-10-5/h3-4,6-9H,1-2H2/t3-,4+,5-/m1/s1. The molecule has 1 rings (SSSR count). The molecule has 10 heavy (non-hydrogen) atoms. The fraction of sp³-hybridized carbons (Fsp3) is 1.00. The van der Waals surface area contributed by atoms with E-state index in [1.807, 2.05) is 0 Å². The largest absolute Gasteiger partial charge is 0.391 e. The monoisotopic (exact) mass is 150 g/mol. The van der Waals surface area contributed by atoms with E-state index in [1.54, 1.807) is 0 Å². The SMILES string of the molecule is OC[C@@]1(O)OC[C@@H](O)[C@@H]1O. The van der Waals surface area contributed by atoms with Crippen molar-refractivity contribution in [1.29, 1.82) is 0 Å². The van der Waals surface area contributed by atoms with Gasteiger partial charge in [0.05, 0.1) is 13.2 Å². The van der Waals surface area contributed by atoms with Crippen molar-refractivity contribution in [3.05, 3.63) is 0 Å². The predicted octanol–water partition coefficient (Wildman–Crippen LogP) is -2.58.